The van der Waals surface area contributed by atoms with E-state index in [1.807, 2.05) is 0 Å². The second-order valence-electron chi connectivity index (χ2n) is 12.4. The zero-order chi connectivity index (χ0) is 27.4. The summed E-state index contributed by atoms with van der Waals surface area (Å²) in [6, 6.07) is 0. The number of unbranched alkanes of at least 4 members (excludes halogenated alkanes) is 18. The van der Waals surface area contributed by atoms with Crippen LogP contribution in [0.4, 0.5) is 0 Å². The van der Waals surface area contributed by atoms with E-state index >= 15 is 0 Å². The predicted octanol–water partition coefficient (Wildman–Crippen LogP) is 4.80. The molecule has 0 aromatic heterocycles. The number of rotatable bonds is 26. The molecule has 0 saturated heterocycles. The van der Waals surface area contributed by atoms with Crippen molar-refractivity contribution in [1.29, 1.82) is 0 Å². The van der Waals surface area contributed by atoms with Crippen molar-refractivity contribution >= 4 is 0 Å². The monoisotopic (exact) mass is 551 g/mol. The van der Waals surface area contributed by atoms with Crippen molar-refractivity contribution in [1.82, 2.24) is 0 Å². The molecule has 0 unspecified atom stereocenters. The van der Waals surface area contributed by atoms with Crippen molar-refractivity contribution in [2.75, 3.05) is 53.4 Å². The van der Waals surface area contributed by atoms with Crippen molar-refractivity contribution in [2.24, 2.45) is 0 Å². The van der Waals surface area contributed by atoms with E-state index in [0.29, 0.717) is 0 Å². The van der Waals surface area contributed by atoms with Gasteiger partial charge in [0, 0.05) is 0 Å². The summed E-state index contributed by atoms with van der Waals surface area (Å²) in [4.78, 5) is 0. The fourth-order valence-electron chi connectivity index (χ4n) is 5.51. The Morgan fingerprint density at radius 3 is 0.711 bits per heavy atom. The number of quaternary nitrogens is 2. The Kier molecular flexibility index (Phi) is 38.9. The minimum atomic E-state index is 0. The Morgan fingerprint density at radius 1 is 0.316 bits per heavy atom. The molecule has 0 fully saturated rings. The molecule has 0 amide bonds. The Labute approximate surface area is 241 Å². The normalized spacial score (nSPS) is 11.4. The maximum atomic E-state index is 2.45. The SMILES string of the molecule is CCCCCCCCCCCC[N+](C)(C)CCCCCCCCCCCC.CC[N+](CC)(CC)CC.[F-].[F-]. The first-order valence-corrected chi connectivity index (χ1v) is 17.0. The summed E-state index contributed by atoms with van der Waals surface area (Å²) in [6.45, 7) is 21.6. The summed E-state index contributed by atoms with van der Waals surface area (Å²) >= 11 is 0. The number of hydrogen-bond donors (Lipinski definition) is 0. The molecule has 0 spiro atoms. The molecule has 0 atom stereocenters. The maximum absolute atomic E-state index is 2.45. The highest BCUT2D eigenvalue weighted by Crippen LogP contribution is 2.14. The van der Waals surface area contributed by atoms with Gasteiger partial charge in [0.15, 0.2) is 0 Å². The zero-order valence-electron chi connectivity index (χ0n) is 28.0. The fraction of sp³-hybridized carbons (Fsp3) is 1.00. The van der Waals surface area contributed by atoms with Crippen LogP contribution in [0.15, 0.2) is 0 Å². The molecule has 4 heteroatoms. The van der Waals surface area contributed by atoms with Gasteiger partial charge in [0.2, 0.25) is 0 Å². The molecule has 2 nitrogen and oxygen atoms in total. The Balaban J connectivity index is -0.000000449. The summed E-state index contributed by atoms with van der Waals surface area (Å²) in [5.41, 5.74) is 0. The number of nitrogens with zero attached hydrogens (tertiary/aromatic N) is 2. The molecule has 0 radical (unpaired) electrons. The van der Waals surface area contributed by atoms with Gasteiger partial charge in [-0.2, -0.15) is 0 Å². The van der Waals surface area contributed by atoms with E-state index in [0.717, 1.165) is 0 Å². The highest BCUT2D eigenvalue weighted by Gasteiger charge is 2.16. The molecule has 0 aliphatic heterocycles. The molecule has 0 bridgehead atoms. The van der Waals surface area contributed by atoms with E-state index in [9.17, 15) is 0 Å². The first-order chi connectivity index (χ1) is 17.4. The fourth-order valence-corrected chi connectivity index (χ4v) is 5.51. The molecule has 236 valence electrons. The molecule has 0 aliphatic rings. The second kappa shape index (κ2) is 33.0. The predicted molar refractivity (Wildman–Crippen MR) is 168 cm³/mol. The topological polar surface area (TPSA) is 0 Å². The van der Waals surface area contributed by atoms with E-state index in [4.69, 9.17) is 0 Å². The summed E-state index contributed by atoms with van der Waals surface area (Å²) in [5.74, 6) is 0. The number of halogens is 2. The van der Waals surface area contributed by atoms with Gasteiger partial charge >= 0.3 is 0 Å². The van der Waals surface area contributed by atoms with Crippen LogP contribution in [0.5, 0.6) is 0 Å². The van der Waals surface area contributed by atoms with Crippen molar-refractivity contribution in [3.05, 3.63) is 0 Å². The zero-order valence-corrected chi connectivity index (χ0v) is 28.0. The van der Waals surface area contributed by atoms with Crippen LogP contribution in [0.3, 0.4) is 0 Å². The van der Waals surface area contributed by atoms with E-state index in [1.165, 1.54) is 177 Å². The van der Waals surface area contributed by atoms with Crippen molar-refractivity contribution in [2.45, 2.75) is 170 Å². The third-order valence-electron chi connectivity index (χ3n) is 8.92. The molecule has 0 saturated carbocycles. The molecular formula is C34H76F2N2. The molecule has 0 aromatic carbocycles. The summed E-state index contributed by atoms with van der Waals surface area (Å²) in [6.07, 6.45) is 29.0. The first kappa shape index (κ1) is 44.8. The van der Waals surface area contributed by atoms with Gasteiger partial charge in [-0.05, 0) is 53.4 Å². The summed E-state index contributed by atoms with van der Waals surface area (Å²) in [5, 5.41) is 0. The highest BCUT2D eigenvalue weighted by atomic mass is 19.0. The lowest BCUT2D eigenvalue weighted by molar-refractivity contribution is -0.921. The molecule has 0 heterocycles. The highest BCUT2D eigenvalue weighted by molar-refractivity contribution is 4.50. The third kappa shape index (κ3) is 30.3. The van der Waals surface area contributed by atoms with Crippen LogP contribution >= 0.6 is 0 Å². The van der Waals surface area contributed by atoms with Crippen molar-refractivity contribution in [3.8, 4) is 0 Å². The van der Waals surface area contributed by atoms with Gasteiger partial charge in [-0.1, -0.05) is 117 Å². The largest absolute Gasteiger partial charge is 1.00 e. The lowest BCUT2D eigenvalue weighted by Gasteiger charge is -2.34. The van der Waals surface area contributed by atoms with Crippen LogP contribution < -0.4 is 9.41 Å². The molecule has 0 aromatic rings. The van der Waals surface area contributed by atoms with E-state index < -0.39 is 0 Å². The van der Waals surface area contributed by atoms with Crippen LogP contribution in [0.1, 0.15) is 170 Å². The number of hydrogen-bond acceptors (Lipinski definition) is 0. The third-order valence-corrected chi connectivity index (χ3v) is 8.92. The van der Waals surface area contributed by atoms with Crippen molar-refractivity contribution in [3.63, 3.8) is 0 Å². The van der Waals surface area contributed by atoms with Gasteiger partial charge < -0.3 is 18.4 Å². The van der Waals surface area contributed by atoms with Gasteiger partial charge in [0.1, 0.15) is 0 Å². The van der Waals surface area contributed by atoms with Crippen molar-refractivity contribution < 1.29 is 18.4 Å². The minimum Gasteiger partial charge on any atom is -1.00 e. The second-order valence-corrected chi connectivity index (χ2v) is 12.4. The molecule has 0 rings (SSSR count). The summed E-state index contributed by atoms with van der Waals surface area (Å²) < 4.78 is 2.52. The average Bonchev–Trinajstić information content (AvgIpc) is 2.88. The molecule has 0 N–H and O–H groups in total. The van der Waals surface area contributed by atoms with Gasteiger partial charge in [0.05, 0.1) is 53.4 Å². The van der Waals surface area contributed by atoms with E-state index in [2.05, 4.69) is 55.6 Å². The summed E-state index contributed by atoms with van der Waals surface area (Å²) in [7, 11) is 4.89. The van der Waals surface area contributed by atoms with Crippen LogP contribution in [-0.2, 0) is 0 Å². The van der Waals surface area contributed by atoms with Crippen LogP contribution in [-0.4, -0.2) is 62.3 Å². The standard InChI is InChI=1S/C26H56N.C8H20N.2FH/c1-5-7-9-11-13-15-17-19-21-23-25-27(3,4)26-24-22-20-18-16-14-12-10-8-6-2;1-5-9(6-2,7-3)8-4;;/h5-26H2,1-4H3;5-8H2,1-4H3;2*1H/q2*+1;;/p-2. The Morgan fingerprint density at radius 2 is 0.526 bits per heavy atom. The van der Waals surface area contributed by atoms with E-state index in [1.54, 1.807) is 0 Å². The lowest BCUT2D eigenvalue weighted by atomic mass is 10.1. The maximum Gasteiger partial charge on any atom is 0.0782 e. The first-order valence-electron chi connectivity index (χ1n) is 17.0. The van der Waals surface area contributed by atoms with E-state index in [-0.39, 0.29) is 9.41 Å². The lowest BCUT2D eigenvalue weighted by Crippen LogP contribution is -3.00. The smallest absolute Gasteiger partial charge is 0.0782 e. The van der Waals surface area contributed by atoms with Crippen LogP contribution in [0.2, 0.25) is 0 Å². The van der Waals surface area contributed by atoms with Gasteiger partial charge in [0.25, 0.3) is 0 Å². The Bertz CT molecular complexity index is 368. The average molecular weight is 551 g/mol. The van der Waals surface area contributed by atoms with Gasteiger partial charge in [-0.25, -0.2) is 0 Å². The van der Waals surface area contributed by atoms with Gasteiger partial charge in [-0.15, -0.1) is 0 Å². The molecule has 38 heavy (non-hydrogen) atoms. The quantitative estimate of drug-likeness (QED) is 0.107. The minimum absolute atomic E-state index is 0. The van der Waals surface area contributed by atoms with Crippen LogP contribution in [0, 0.1) is 0 Å². The Hall–Kier alpha value is -0.220. The molecule has 0 aliphatic carbocycles. The molecular weight excluding hydrogens is 474 g/mol. The van der Waals surface area contributed by atoms with Gasteiger partial charge in [-0.3, -0.25) is 0 Å². The van der Waals surface area contributed by atoms with Crippen LogP contribution in [0.25, 0.3) is 0 Å².